The molecular formula is C17H30N4O3. The van der Waals surface area contributed by atoms with E-state index in [1.807, 2.05) is 13.8 Å². The SMILES string of the molecule is CC(C)CNC(=O)CN1C(=O)NC2(CCN(CC(C)C)CC2)C1=O. The van der Waals surface area contributed by atoms with Crippen molar-refractivity contribution in [3.63, 3.8) is 0 Å². The zero-order valence-electron chi connectivity index (χ0n) is 15.2. The van der Waals surface area contributed by atoms with Crippen LogP contribution < -0.4 is 10.6 Å². The maximum Gasteiger partial charge on any atom is 0.325 e. The minimum Gasteiger partial charge on any atom is -0.354 e. The van der Waals surface area contributed by atoms with Crippen molar-refractivity contribution in [3.05, 3.63) is 0 Å². The van der Waals surface area contributed by atoms with Gasteiger partial charge in [0.1, 0.15) is 12.1 Å². The molecular weight excluding hydrogens is 308 g/mol. The Kier molecular flexibility index (Phi) is 5.85. The molecule has 4 amide bonds. The predicted molar refractivity (Wildman–Crippen MR) is 91.3 cm³/mol. The van der Waals surface area contributed by atoms with Crippen molar-refractivity contribution in [3.8, 4) is 0 Å². The highest BCUT2D eigenvalue weighted by Gasteiger charge is 2.52. The van der Waals surface area contributed by atoms with Gasteiger partial charge in [-0.2, -0.15) is 0 Å². The van der Waals surface area contributed by atoms with Gasteiger partial charge < -0.3 is 15.5 Å². The van der Waals surface area contributed by atoms with Gasteiger partial charge in [0.25, 0.3) is 5.91 Å². The Morgan fingerprint density at radius 3 is 2.33 bits per heavy atom. The van der Waals surface area contributed by atoms with E-state index in [4.69, 9.17) is 0 Å². The van der Waals surface area contributed by atoms with Gasteiger partial charge in [-0.1, -0.05) is 27.7 Å². The zero-order chi connectivity index (χ0) is 17.9. The number of piperidine rings is 1. The highest BCUT2D eigenvalue weighted by Crippen LogP contribution is 2.29. The van der Waals surface area contributed by atoms with Crippen LogP contribution in [0.5, 0.6) is 0 Å². The number of rotatable bonds is 6. The molecule has 2 N–H and O–H groups in total. The third-order valence-corrected chi connectivity index (χ3v) is 4.59. The molecule has 2 rings (SSSR count). The van der Waals surface area contributed by atoms with Crippen LogP contribution >= 0.6 is 0 Å². The molecule has 0 saturated carbocycles. The van der Waals surface area contributed by atoms with Crippen LogP contribution in [0.1, 0.15) is 40.5 Å². The number of carbonyl (C=O) groups excluding carboxylic acids is 3. The fourth-order valence-corrected chi connectivity index (χ4v) is 3.31. The molecule has 0 aliphatic carbocycles. The number of nitrogens with one attached hydrogen (secondary N) is 2. The molecule has 24 heavy (non-hydrogen) atoms. The fourth-order valence-electron chi connectivity index (χ4n) is 3.31. The van der Waals surface area contributed by atoms with Crippen LogP contribution in [-0.2, 0) is 9.59 Å². The second-order valence-electron chi connectivity index (χ2n) is 7.80. The largest absolute Gasteiger partial charge is 0.354 e. The van der Waals surface area contributed by atoms with Gasteiger partial charge in [-0.05, 0) is 24.7 Å². The van der Waals surface area contributed by atoms with Crippen molar-refractivity contribution < 1.29 is 14.4 Å². The van der Waals surface area contributed by atoms with E-state index < -0.39 is 11.6 Å². The molecule has 0 atom stereocenters. The van der Waals surface area contributed by atoms with Gasteiger partial charge in [-0.3, -0.25) is 14.5 Å². The summed E-state index contributed by atoms with van der Waals surface area (Å²) in [5.74, 6) is 0.362. The minimum absolute atomic E-state index is 0.200. The van der Waals surface area contributed by atoms with Gasteiger partial charge in [0.05, 0.1) is 0 Å². The third kappa shape index (κ3) is 4.26. The highest BCUT2D eigenvalue weighted by molar-refractivity contribution is 6.09. The van der Waals surface area contributed by atoms with Gasteiger partial charge in [0.15, 0.2) is 0 Å². The Hall–Kier alpha value is -1.63. The normalized spacial score (nSPS) is 21.0. The van der Waals surface area contributed by atoms with E-state index in [1.165, 1.54) is 0 Å². The topological polar surface area (TPSA) is 81.8 Å². The lowest BCUT2D eigenvalue weighted by atomic mass is 9.87. The van der Waals surface area contributed by atoms with E-state index in [2.05, 4.69) is 29.4 Å². The Labute approximate surface area is 144 Å². The summed E-state index contributed by atoms with van der Waals surface area (Å²) < 4.78 is 0. The van der Waals surface area contributed by atoms with E-state index >= 15 is 0 Å². The molecule has 2 heterocycles. The summed E-state index contributed by atoms with van der Waals surface area (Å²) in [5, 5.41) is 5.59. The van der Waals surface area contributed by atoms with Gasteiger partial charge in [-0.25, -0.2) is 4.79 Å². The van der Waals surface area contributed by atoms with Crippen molar-refractivity contribution in [1.29, 1.82) is 0 Å². The Morgan fingerprint density at radius 1 is 1.17 bits per heavy atom. The third-order valence-electron chi connectivity index (χ3n) is 4.59. The van der Waals surface area contributed by atoms with Crippen LogP contribution in [0, 0.1) is 11.8 Å². The Morgan fingerprint density at radius 2 is 1.79 bits per heavy atom. The average molecular weight is 338 g/mol. The number of nitrogens with zero attached hydrogens (tertiary/aromatic N) is 2. The van der Waals surface area contributed by atoms with Crippen LogP contribution in [0.25, 0.3) is 0 Å². The molecule has 0 bridgehead atoms. The fraction of sp³-hybridized carbons (Fsp3) is 0.824. The van der Waals surface area contributed by atoms with Gasteiger partial charge >= 0.3 is 6.03 Å². The second-order valence-corrected chi connectivity index (χ2v) is 7.80. The molecule has 0 aromatic heterocycles. The van der Waals surface area contributed by atoms with Gasteiger partial charge in [0.2, 0.25) is 5.91 Å². The first-order valence-corrected chi connectivity index (χ1v) is 8.86. The Bertz CT molecular complexity index is 496. The van der Waals surface area contributed by atoms with E-state index in [0.29, 0.717) is 31.2 Å². The summed E-state index contributed by atoms with van der Waals surface area (Å²) in [6.45, 7) is 11.2. The average Bonchev–Trinajstić information content (AvgIpc) is 2.72. The first-order valence-electron chi connectivity index (χ1n) is 8.86. The molecule has 0 radical (unpaired) electrons. The molecule has 2 aliphatic heterocycles. The summed E-state index contributed by atoms with van der Waals surface area (Å²) in [7, 11) is 0. The molecule has 0 unspecified atom stereocenters. The van der Waals surface area contributed by atoms with E-state index in [9.17, 15) is 14.4 Å². The van der Waals surface area contributed by atoms with Crippen molar-refractivity contribution in [2.24, 2.45) is 11.8 Å². The summed E-state index contributed by atoms with van der Waals surface area (Å²) in [5.41, 5.74) is -0.817. The van der Waals surface area contributed by atoms with Crippen LogP contribution in [0.4, 0.5) is 4.79 Å². The molecule has 1 spiro atoms. The zero-order valence-corrected chi connectivity index (χ0v) is 15.2. The van der Waals surface area contributed by atoms with Crippen LogP contribution in [0.15, 0.2) is 0 Å². The predicted octanol–water partition coefficient (Wildman–Crippen LogP) is 0.801. The second kappa shape index (κ2) is 7.51. The summed E-state index contributed by atoms with van der Waals surface area (Å²) >= 11 is 0. The first-order chi connectivity index (χ1) is 11.2. The first kappa shape index (κ1) is 18.7. The standard InChI is InChI=1S/C17H30N4O3/c1-12(2)9-18-14(22)11-21-15(23)17(19-16(21)24)5-7-20(8-6-17)10-13(3)4/h12-13H,5-11H2,1-4H3,(H,18,22)(H,19,24). The van der Waals surface area contributed by atoms with E-state index in [0.717, 1.165) is 24.5 Å². The number of hydrogen-bond acceptors (Lipinski definition) is 4. The number of urea groups is 1. The number of amides is 4. The number of hydrogen-bond donors (Lipinski definition) is 2. The minimum atomic E-state index is -0.817. The number of carbonyl (C=O) groups is 3. The molecule has 2 saturated heterocycles. The molecule has 7 heteroatoms. The molecule has 0 aromatic carbocycles. The van der Waals surface area contributed by atoms with Crippen LogP contribution in [0.2, 0.25) is 0 Å². The maximum absolute atomic E-state index is 12.7. The van der Waals surface area contributed by atoms with Crippen molar-refractivity contribution in [2.45, 2.75) is 46.1 Å². The van der Waals surface area contributed by atoms with Crippen molar-refractivity contribution >= 4 is 17.8 Å². The van der Waals surface area contributed by atoms with Crippen LogP contribution in [0.3, 0.4) is 0 Å². The molecule has 2 aliphatic rings. The summed E-state index contributed by atoms with van der Waals surface area (Å²) in [6.07, 6.45) is 1.21. The monoisotopic (exact) mass is 338 g/mol. The highest BCUT2D eigenvalue weighted by atomic mass is 16.2. The number of likely N-dealkylation sites (tertiary alicyclic amines) is 1. The lowest BCUT2D eigenvalue weighted by Crippen LogP contribution is -2.55. The maximum atomic E-state index is 12.7. The van der Waals surface area contributed by atoms with Gasteiger partial charge in [-0.15, -0.1) is 0 Å². The molecule has 136 valence electrons. The molecule has 7 nitrogen and oxygen atoms in total. The van der Waals surface area contributed by atoms with Gasteiger partial charge in [0, 0.05) is 26.2 Å². The molecule has 0 aromatic rings. The Balaban J connectivity index is 1.93. The molecule has 2 fully saturated rings. The van der Waals surface area contributed by atoms with E-state index in [1.54, 1.807) is 0 Å². The van der Waals surface area contributed by atoms with Crippen molar-refractivity contribution in [1.82, 2.24) is 20.4 Å². The smallest absolute Gasteiger partial charge is 0.325 e. The summed E-state index contributed by atoms with van der Waals surface area (Å²) in [6, 6.07) is -0.447. The summed E-state index contributed by atoms with van der Waals surface area (Å²) in [4.78, 5) is 40.3. The lowest BCUT2D eigenvalue weighted by Gasteiger charge is -2.37. The number of imide groups is 1. The lowest BCUT2D eigenvalue weighted by molar-refractivity contribution is -0.136. The van der Waals surface area contributed by atoms with E-state index in [-0.39, 0.29) is 18.4 Å². The van der Waals surface area contributed by atoms with Crippen LogP contribution in [-0.4, -0.2) is 65.9 Å². The van der Waals surface area contributed by atoms with Crippen molar-refractivity contribution in [2.75, 3.05) is 32.7 Å². The quantitative estimate of drug-likeness (QED) is 0.702.